The van der Waals surface area contributed by atoms with Crippen molar-refractivity contribution >= 4 is 17.3 Å². The zero-order chi connectivity index (χ0) is 15.5. The van der Waals surface area contributed by atoms with Crippen LogP contribution >= 0.6 is 11.6 Å². The average Bonchev–Trinajstić information content (AvgIpc) is 2.36. The summed E-state index contributed by atoms with van der Waals surface area (Å²) in [5.74, 6) is -0.312. The van der Waals surface area contributed by atoms with E-state index in [1.54, 1.807) is 18.2 Å². The van der Waals surface area contributed by atoms with Crippen LogP contribution in [0, 0.1) is 0 Å². The zero-order valence-electron chi connectivity index (χ0n) is 10.6. The molecule has 0 aliphatic heterocycles. The minimum absolute atomic E-state index is 0.0118. The molecule has 0 saturated heterocycles. The molecule has 0 spiro atoms. The van der Waals surface area contributed by atoms with Gasteiger partial charge in [0, 0.05) is 28.9 Å². The molecule has 0 aliphatic carbocycles. The normalized spacial score (nSPS) is 11.2. The number of phenolic OH excluding ortho intramolecular Hbond substituents is 1. The summed E-state index contributed by atoms with van der Waals surface area (Å²) in [5, 5.41) is 12.9. The molecular weight excluding hydrogens is 307 g/mol. The fourth-order valence-corrected chi connectivity index (χ4v) is 1.95. The van der Waals surface area contributed by atoms with Gasteiger partial charge in [-0.2, -0.15) is 0 Å². The summed E-state index contributed by atoms with van der Waals surface area (Å²) in [4.78, 5) is 0. The number of aromatic hydroxyl groups is 1. The van der Waals surface area contributed by atoms with Gasteiger partial charge in [-0.15, -0.1) is 13.2 Å². The molecule has 0 heterocycles. The van der Waals surface area contributed by atoms with Crippen LogP contribution in [0.5, 0.6) is 11.5 Å². The SMILES string of the molecule is Oc1cccc(Cl)c1CNc1cccc(OC(F)(F)F)c1. The van der Waals surface area contributed by atoms with E-state index in [2.05, 4.69) is 10.1 Å². The molecule has 0 bridgehead atoms. The van der Waals surface area contributed by atoms with Crippen LogP contribution in [-0.4, -0.2) is 11.5 Å². The van der Waals surface area contributed by atoms with Crippen molar-refractivity contribution in [2.24, 2.45) is 0 Å². The van der Waals surface area contributed by atoms with Gasteiger partial charge < -0.3 is 15.2 Å². The summed E-state index contributed by atoms with van der Waals surface area (Å²) in [7, 11) is 0. The van der Waals surface area contributed by atoms with Crippen LogP contribution in [0.1, 0.15) is 5.56 Å². The molecule has 0 aromatic heterocycles. The Kier molecular flexibility index (Phi) is 4.47. The molecule has 0 saturated carbocycles. The van der Waals surface area contributed by atoms with Gasteiger partial charge in [0.2, 0.25) is 0 Å². The molecule has 2 aromatic carbocycles. The number of ether oxygens (including phenoxy) is 1. The van der Waals surface area contributed by atoms with Crippen molar-refractivity contribution in [3.05, 3.63) is 53.1 Å². The van der Waals surface area contributed by atoms with Gasteiger partial charge in [0.15, 0.2) is 0 Å². The van der Waals surface area contributed by atoms with E-state index in [0.29, 0.717) is 16.3 Å². The summed E-state index contributed by atoms with van der Waals surface area (Å²) in [6.07, 6.45) is -4.74. The lowest BCUT2D eigenvalue weighted by Crippen LogP contribution is -2.17. The largest absolute Gasteiger partial charge is 0.573 e. The van der Waals surface area contributed by atoms with E-state index in [9.17, 15) is 18.3 Å². The Morgan fingerprint density at radius 1 is 1.14 bits per heavy atom. The fraction of sp³-hybridized carbons (Fsp3) is 0.143. The smallest absolute Gasteiger partial charge is 0.508 e. The van der Waals surface area contributed by atoms with Gasteiger partial charge in [-0.1, -0.05) is 23.7 Å². The zero-order valence-corrected chi connectivity index (χ0v) is 11.4. The molecule has 0 unspecified atom stereocenters. The Morgan fingerprint density at radius 3 is 2.52 bits per heavy atom. The van der Waals surface area contributed by atoms with Gasteiger partial charge in [0.25, 0.3) is 0 Å². The quantitative estimate of drug-likeness (QED) is 0.869. The first kappa shape index (κ1) is 15.3. The first-order chi connectivity index (χ1) is 9.85. The molecule has 0 atom stereocenters. The molecule has 0 fully saturated rings. The fourth-order valence-electron chi connectivity index (χ4n) is 1.72. The number of anilines is 1. The minimum Gasteiger partial charge on any atom is -0.508 e. The van der Waals surface area contributed by atoms with Gasteiger partial charge in [-0.3, -0.25) is 0 Å². The van der Waals surface area contributed by atoms with Crippen molar-refractivity contribution in [2.75, 3.05) is 5.32 Å². The summed E-state index contributed by atoms with van der Waals surface area (Å²) in [6, 6.07) is 10.1. The number of alkyl halides is 3. The highest BCUT2D eigenvalue weighted by Gasteiger charge is 2.31. The van der Waals surface area contributed by atoms with Crippen LogP contribution < -0.4 is 10.1 Å². The van der Waals surface area contributed by atoms with Crippen LogP contribution in [0.2, 0.25) is 5.02 Å². The van der Waals surface area contributed by atoms with Gasteiger partial charge in [0.05, 0.1) is 0 Å². The summed E-state index contributed by atoms with van der Waals surface area (Å²) in [6.45, 7) is 0.168. The number of rotatable bonds is 4. The van der Waals surface area contributed by atoms with E-state index in [-0.39, 0.29) is 18.0 Å². The monoisotopic (exact) mass is 317 g/mol. The lowest BCUT2D eigenvalue weighted by Gasteiger charge is -2.12. The van der Waals surface area contributed by atoms with Crippen molar-refractivity contribution in [3.8, 4) is 11.5 Å². The third kappa shape index (κ3) is 4.46. The van der Waals surface area contributed by atoms with Crippen molar-refractivity contribution in [1.82, 2.24) is 0 Å². The molecule has 112 valence electrons. The number of phenols is 1. The highest BCUT2D eigenvalue weighted by molar-refractivity contribution is 6.31. The van der Waals surface area contributed by atoms with E-state index in [1.807, 2.05) is 0 Å². The van der Waals surface area contributed by atoms with Crippen LogP contribution in [0.4, 0.5) is 18.9 Å². The second-order valence-corrected chi connectivity index (χ2v) is 4.57. The molecule has 2 rings (SSSR count). The van der Waals surface area contributed by atoms with Crippen molar-refractivity contribution < 1.29 is 23.0 Å². The number of halogens is 4. The lowest BCUT2D eigenvalue weighted by molar-refractivity contribution is -0.274. The summed E-state index contributed by atoms with van der Waals surface area (Å²) >= 11 is 5.94. The van der Waals surface area contributed by atoms with E-state index in [0.717, 1.165) is 0 Å². The first-order valence-corrected chi connectivity index (χ1v) is 6.29. The Morgan fingerprint density at radius 2 is 1.86 bits per heavy atom. The minimum atomic E-state index is -4.74. The van der Waals surface area contributed by atoms with Gasteiger partial charge in [-0.05, 0) is 24.3 Å². The van der Waals surface area contributed by atoms with Crippen LogP contribution in [0.3, 0.4) is 0 Å². The van der Waals surface area contributed by atoms with Crippen molar-refractivity contribution in [2.45, 2.75) is 12.9 Å². The molecule has 2 aromatic rings. The number of hydrogen-bond acceptors (Lipinski definition) is 3. The molecule has 21 heavy (non-hydrogen) atoms. The molecule has 0 aliphatic rings. The highest BCUT2D eigenvalue weighted by atomic mass is 35.5. The van der Waals surface area contributed by atoms with E-state index in [1.165, 1.54) is 24.3 Å². The average molecular weight is 318 g/mol. The Hall–Kier alpha value is -2.08. The maximum atomic E-state index is 12.1. The third-order valence-corrected chi connectivity index (χ3v) is 2.99. The predicted molar refractivity (Wildman–Crippen MR) is 73.6 cm³/mol. The standard InChI is InChI=1S/C14H11ClF3NO2/c15-12-5-2-6-13(20)11(12)8-19-9-3-1-4-10(7-9)21-14(16,17)18/h1-7,19-20H,8H2. The lowest BCUT2D eigenvalue weighted by atomic mass is 10.2. The molecule has 0 amide bonds. The molecule has 7 heteroatoms. The second-order valence-electron chi connectivity index (χ2n) is 4.17. The van der Waals surface area contributed by atoms with Crippen LogP contribution in [-0.2, 0) is 6.54 Å². The number of hydrogen-bond donors (Lipinski definition) is 2. The Labute approximate surface area is 123 Å². The van der Waals surface area contributed by atoms with E-state index in [4.69, 9.17) is 11.6 Å². The van der Waals surface area contributed by atoms with Gasteiger partial charge in [0.1, 0.15) is 11.5 Å². The van der Waals surface area contributed by atoms with Gasteiger partial charge >= 0.3 is 6.36 Å². The third-order valence-electron chi connectivity index (χ3n) is 2.63. The number of nitrogens with one attached hydrogen (secondary N) is 1. The van der Waals surface area contributed by atoms with E-state index >= 15 is 0 Å². The van der Waals surface area contributed by atoms with Gasteiger partial charge in [-0.25, -0.2) is 0 Å². The number of benzene rings is 2. The van der Waals surface area contributed by atoms with Crippen molar-refractivity contribution in [1.29, 1.82) is 0 Å². The van der Waals surface area contributed by atoms with E-state index < -0.39 is 6.36 Å². The second kappa shape index (κ2) is 6.13. The van der Waals surface area contributed by atoms with Crippen LogP contribution in [0.15, 0.2) is 42.5 Å². The molecule has 0 radical (unpaired) electrons. The first-order valence-electron chi connectivity index (χ1n) is 5.91. The Balaban J connectivity index is 2.09. The van der Waals surface area contributed by atoms with Crippen molar-refractivity contribution in [3.63, 3.8) is 0 Å². The molecular formula is C14H11ClF3NO2. The highest BCUT2D eigenvalue weighted by Crippen LogP contribution is 2.28. The summed E-state index contributed by atoms with van der Waals surface area (Å²) in [5.41, 5.74) is 0.873. The maximum Gasteiger partial charge on any atom is 0.573 e. The van der Waals surface area contributed by atoms with Crippen LogP contribution in [0.25, 0.3) is 0 Å². The molecule has 3 nitrogen and oxygen atoms in total. The summed E-state index contributed by atoms with van der Waals surface area (Å²) < 4.78 is 40.2. The predicted octanol–water partition coefficient (Wildman–Crippen LogP) is 4.56. The topological polar surface area (TPSA) is 41.5 Å². The maximum absolute atomic E-state index is 12.1. The molecule has 2 N–H and O–H groups in total. The Bertz CT molecular complexity index is 612.